The van der Waals surface area contributed by atoms with Crippen LogP contribution >= 0.6 is 34.5 Å². The van der Waals surface area contributed by atoms with Gasteiger partial charge in [0.2, 0.25) is 17.7 Å². The third-order valence-corrected chi connectivity index (χ3v) is 8.32. The van der Waals surface area contributed by atoms with Crippen LogP contribution in [0.4, 0.5) is 0 Å². The highest BCUT2D eigenvalue weighted by atomic mass is 35.5. The molecular formula is C26H31Cl2N3O5S. The molecule has 2 heterocycles. The van der Waals surface area contributed by atoms with Gasteiger partial charge in [0.25, 0.3) is 0 Å². The minimum Gasteiger partial charge on any atom is -0.481 e. The lowest BCUT2D eigenvalue weighted by Crippen LogP contribution is -2.55. The van der Waals surface area contributed by atoms with E-state index in [-0.39, 0.29) is 17.7 Å². The van der Waals surface area contributed by atoms with Crippen LogP contribution in [0.3, 0.4) is 0 Å². The number of nitrogens with one attached hydrogen (secondary N) is 1. The van der Waals surface area contributed by atoms with E-state index in [1.54, 1.807) is 11.0 Å². The van der Waals surface area contributed by atoms with Crippen molar-refractivity contribution in [1.29, 1.82) is 0 Å². The second-order valence-corrected chi connectivity index (χ2v) is 12.1. The zero-order chi connectivity index (χ0) is 27.5. The minimum absolute atomic E-state index is 0.122. The Bertz CT molecular complexity index is 1230. The predicted octanol–water partition coefficient (Wildman–Crippen LogP) is 4.57. The van der Waals surface area contributed by atoms with Crippen LogP contribution in [0.1, 0.15) is 45.6 Å². The molecule has 0 bridgehead atoms. The Labute approximate surface area is 229 Å². The second-order valence-electron chi connectivity index (χ2n) is 10.5. The number of thiophene rings is 1. The van der Waals surface area contributed by atoms with E-state index in [1.165, 1.54) is 17.4 Å². The molecule has 1 aromatic carbocycles. The van der Waals surface area contributed by atoms with E-state index >= 15 is 0 Å². The molecule has 1 aliphatic heterocycles. The van der Waals surface area contributed by atoms with E-state index in [4.69, 9.17) is 28.9 Å². The van der Waals surface area contributed by atoms with E-state index < -0.39 is 35.7 Å². The average molecular weight is 569 g/mol. The third-order valence-electron chi connectivity index (χ3n) is 6.37. The van der Waals surface area contributed by atoms with Crippen molar-refractivity contribution in [2.24, 2.45) is 23.0 Å². The first-order valence-electron chi connectivity index (χ1n) is 11.9. The quantitative estimate of drug-likeness (QED) is 0.402. The number of carbonyl (C=O) groups excluding carboxylic acids is 3. The lowest BCUT2D eigenvalue weighted by molar-refractivity contribution is -0.149. The van der Waals surface area contributed by atoms with Gasteiger partial charge in [-0.2, -0.15) is 0 Å². The number of nitrogens with two attached hydrogens (primary N) is 1. The van der Waals surface area contributed by atoms with Gasteiger partial charge in [0.05, 0.1) is 20.7 Å². The second kappa shape index (κ2) is 11.8. The normalized spacial score (nSPS) is 16.6. The summed E-state index contributed by atoms with van der Waals surface area (Å²) < 4.78 is 0.883. The SMILES string of the molecule is CC(C)(C)CC(=O)NC(C(N)=O)C(C(=O)O)C1CCN(C(=O)/C=C/c2cc3ccsc3c(Cl)c2Cl)CC1. The number of carboxylic acid groups (broad SMARTS) is 1. The summed E-state index contributed by atoms with van der Waals surface area (Å²) in [5.74, 6) is -4.40. The van der Waals surface area contributed by atoms with Gasteiger partial charge in [-0.3, -0.25) is 19.2 Å². The Morgan fingerprint density at radius 3 is 2.43 bits per heavy atom. The first kappa shape index (κ1) is 28.9. The standard InChI is InChI=1S/C26H31Cl2N3O5S/c1-26(2,3)13-17(32)30-22(24(29)34)19(25(35)36)14-6-9-31(10-7-14)18(33)5-4-15-12-16-8-11-37-23(16)21(28)20(15)27/h4-5,8,11-12,14,19,22H,6-7,9-10,13H2,1-3H3,(H2,29,34)(H,30,32)(H,35,36)/b5-4+. The Balaban J connectivity index is 1.67. The molecule has 0 spiro atoms. The van der Waals surface area contributed by atoms with Crippen molar-refractivity contribution in [1.82, 2.24) is 10.2 Å². The zero-order valence-electron chi connectivity index (χ0n) is 20.9. The number of likely N-dealkylation sites (tertiary alicyclic amines) is 1. The monoisotopic (exact) mass is 567 g/mol. The molecule has 3 rings (SSSR count). The summed E-state index contributed by atoms with van der Waals surface area (Å²) in [6.07, 6.45) is 3.86. The molecule has 1 saturated heterocycles. The molecule has 200 valence electrons. The van der Waals surface area contributed by atoms with Gasteiger partial charge in [0.15, 0.2) is 0 Å². The van der Waals surface area contributed by atoms with Gasteiger partial charge in [-0.05, 0) is 58.7 Å². The fourth-order valence-electron chi connectivity index (χ4n) is 4.60. The summed E-state index contributed by atoms with van der Waals surface area (Å²) in [6, 6.07) is 2.46. The summed E-state index contributed by atoms with van der Waals surface area (Å²) in [6.45, 7) is 6.20. The molecule has 4 N–H and O–H groups in total. The number of carboxylic acids is 1. The number of aliphatic carboxylic acids is 1. The molecule has 2 aromatic rings. The third kappa shape index (κ3) is 7.24. The highest BCUT2D eigenvalue weighted by Crippen LogP contribution is 2.37. The van der Waals surface area contributed by atoms with Gasteiger partial charge in [-0.25, -0.2) is 0 Å². The van der Waals surface area contributed by atoms with Gasteiger partial charge in [-0.1, -0.05) is 44.0 Å². The van der Waals surface area contributed by atoms with Gasteiger partial charge in [0.1, 0.15) is 6.04 Å². The fourth-order valence-corrected chi connectivity index (χ4v) is 6.03. The number of amides is 3. The van der Waals surface area contributed by atoms with Crippen LogP contribution in [0.25, 0.3) is 16.2 Å². The molecule has 0 saturated carbocycles. The van der Waals surface area contributed by atoms with Gasteiger partial charge < -0.3 is 21.1 Å². The first-order chi connectivity index (χ1) is 17.3. The summed E-state index contributed by atoms with van der Waals surface area (Å²) in [5, 5.41) is 16.1. The Hall–Kier alpha value is -2.62. The van der Waals surface area contributed by atoms with Crippen molar-refractivity contribution in [2.75, 3.05) is 13.1 Å². The van der Waals surface area contributed by atoms with Crippen LogP contribution in [0.2, 0.25) is 10.0 Å². The predicted molar refractivity (Wildman–Crippen MR) is 147 cm³/mol. The molecule has 8 nitrogen and oxygen atoms in total. The number of piperidine rings is 1. The number of benzene rings is 1. The Morgan fingerprint density at radius 1 is 1.22 bits per heavy atom. The maximum absolute atomic E-state index is 12.8. The highest BCUT2D eigenvalue weighted by Gasteiger charge is 2.41. The summed E-state index contributed by atoms with van der Waals surface area (Å²) in [5.41, 5.74) is 5.79. The largest absolute Gasteiger partial charge is 0.481 e. The minimum atomic E-state index is -1.33. The zero-order valence-corrected chi connectivity index (χ0v) is 23.3. The maximum Gasteiger partial charge on any atom is 0.309 e. The summed E-state index contributed by atoms with van der Waals surface area (Å²) in [7, 11) is 0. The van der Waals surface area contributed by atoms with E-state index in [2.05, 4.69) is 5.32 Å². The van der Waals surface area contributed by atoms with E-state index in [9.17, 15) is 24.3 Å². The van der Waals surface area contributed by atoms with E-state index in [0.29, 0.717) is 41.5 Å². The first-order valence-corrected chi connectivity index (χ1v) is 13.6. The number of hydrogen-bond donors (Lipinski definition) is 3. The number of rotatable bonds is 8. The average Bonchev–Trinajstić information content (AvgIpc) is 3.27. The molecule has 3 amide bonds. The molecular weight excluding hydrogens is 537 g/mol. The number of carbonyl (C=O) groups is 4. The van der Waals surface area contributed by atoms with E-state index in [1.807, 2.05) is 38.3 Å². The Kier molecular flexibility index (Phi) is 9.26. The Morgan fingerprint density at radius 2 is 1.86 bits per heavy atom. The van der Waals surface area contributed by atoms with Crippen LogP contribution in [0, 0.1) is 17.3 Å². The smallest absolute Gasteiger partial charge is 0.309 e. The van der Waals surface area contributed by atoms with Crippen molar-refractivity contribution >= 4 is 74.4 Å². The van der Waals surface area contributed by atoms with Crippen LogP contribution in [-0.2, 0) is 19.2 Å². The number of fused-ring (bicyclic) bond motifs is 1. The maximum atomic E-state index is 12.8. The molecule has 1 fully saturated rings. The molecule has 1 aliphatic rings. The van der Waals surface area contributed by atoms with Crippen LogP contribution in [-0.4, -0.2) is 52.8 Å². The van der Waals surface area contributed by atoms with Crippen molar-refractivity contribution in [3.8, 4) is 0 Å². The molecule has 0 radical (unpaired) electrons. The van der Waals surface area contributed by atoms with Crippen LogP contribution < -0.4 is 11.1 Å². The molecule has 0 aliphatic carbocycles. The lowest BCUT2D eigenvalue weighted by Gasteiger charge is -2.36. The highest BCUT2D eigenvalue weighted by molar-refractivity contribution is 7.18. The molecule has 11 heteroatoms. The molecule has 2 unspecified atom stereocenters. The molecule has 2 atom stereocenters. The van der Waals surface area contributed by atoms with Crippen molar-refractivity contribution in [2.45, 2.75) is 46.1 Å². The number of halogens is 2. The van der Waals surface area contributed by atoms with Gasteiger partial charge >= 0.3 is 5.97 Å². The lowest BCUT2D eigenvalue weighted by atomic mass is 9.79. The van der Waals surface area contributed by atoms with Crippen LogP contribution in [0.5, 0.6) is 0 Å². The van der Waals surface area contributed by atoms with Gasteiger partial charge in [-0.15, -0.1) is 11.3 Å². The van der Waals surface area contributed by atoms with E-state index in [0.717, 1.165) is 10.1 Å². The molecule has 1 aromatic heterocycles. The van der Waals surface area contributed by atoms with Crippen molar-refractivity contribution < 1.29 is 24.3 Å². The number of nitrogens with zero attached hydrogens (tertiary/aromatic N) is 1. The van der Waals surface area contributed by atoms with Gasteiger partial charge in [0, 0.05) is 25.6 Å². The van der Waals surface area contributed by atoms with Crippen molar-refractivity contribution in [3.63, 3.8) is 0 Å². The van der Waals surface area contributed by atoms with Crippen LogP contribution in [0.15, 0.2) is 23.6 Å². The topological polar surface area (TPSA) is 130 Å². The summed E-state index contributed by atoms with van der Waals surface area (Å²) >= 11 is 14.2. The fraction of sp³-hybridized carbons (Fsp3) is 0.462. The number of hydrogen-bond acceptors (Lipinski definition) is 5. The number of primary amides is 1. The summed E-state index contributed by atoms with van der Waals surface area (Å²) in [4.78, 5) is 51.2. The molecule has 37 heavy (non-hydrogen) atoms. The van der Waals surface area contributed by atoms with Crippen molar-refractivity contribution in [3.05, 3.63) is 39.2 Å².